The SMILES string of the molecule is c1ccc2c(c1)CCOC2CNCC1CCCCO1. The smallest absolute Gasteiger partial charge is 0.0952 e. The van der Waals surface area contributed by atoms with Gasteiger partial charge in [0, 0.05) is 19.7 Å². The normalized spacial score (nSPS) is 26.9. The largest absolute Gasteiger partial charge is 0.377 e. The maximum absolute atomic E-state index is 5.89. The first kappa shape index (κ1) is 13.1. The fourth-order valence-electron chi connectivity index (χ4n) is 2.99. The summed E-state index contributed by atoms with van der Waals surface area (Å²) < 4.78 is 11.6. The summed E-state index contributed by atoms with van der Waals surface area (Å²) in [5.74, 6) is 0. The summed E-state index contributed by atoms with van der Waals surface area (Å²) in [7, 11) is 0. The van der Waals surface area contributed by atoms with E-state index < -0.39 is 0 Å². The van der Waals surface area contributed by atoms with Gasteiger partial charge in [-0.15, -0.1) is 0 Å². The molecule has 0 bridgehead atoms. The van der Waals surface area contributed by atoms with E-state index in [1.165, 1.54) is 30.4 Å². The zero-order valence-electron chi connectivity index (χ0n) is 11.4. The van der Waals surface area contributed by atoms with Crippen molar-refractivity contribution in [3.63, 3.8) is 0 Å². The van der Waals surface area contributed by atoms with Gasteiger partial charge in [0.15, 0.2) is 0 Å². The lowest BCUT2D eigenvalue weighted by Crippen LogP contribution is -2.35. The topological polar surface area (TPSA) is 30.5 Å². The van der Waals surface area contributed by atoms with Gasteiger partial charge in [0.1, 0.15) is 0 Å². The minimum absolute atomic E-state index is 0.202. The third-order valence-corrected chi connectivity index (χ3v) is 4.07. The predicted molar refractivity (Wildman–Crippen MR) is 75.3 cm³/mol. The van der Waals surface area contributed by atoms with E-state index >= 15 is 0 Å². The Labute approximate surface area is 115 Å². The van der Waals surface area contributed by atoms with Crippen LogP contribution in [0.1, 0.15) is 36.5 Å². The van der Waals surface area contributed by atoms with Gasteiger partial charge < -0.3 is 14.8 Å². The van der Waals surface area contributed by atoms with Gasteiger partial charge in [-0.25, -0.2) is 0 Å². The van der Waals surface area contributed by atoms with Crippen LogP contribution in [0, 0.1) is 0 Å². The maximum Gasteiger partial charge on any atom is 0.0952 e. The molecular formula is C16H23NO2. The average molecular weight is 261 g/mol. The van der Waals surface area contributed by atoms with Crippen molar-refractivity contribution in [3.8, 4) is 0 Å². The van der Waals surface area contributed by atoms with Gasteiger partial charge in [-0.2, -0.15) is 0 Å². The van der Waals surface area contributed by atoms with E-state index in [0.717, 1.165) is 32.7 Å². The van der Waals surface area contributed by atoms with E-state index in [1.54, 1.807) is 0 Å². The van der Waals surface area contributed by atoms with Crippen LogP contribution in [0.3, 0.4) is 0 Å². The molecule has 3 nitrogen and oxygen atoms in total. The van der Waals surface area contributed by atoms with E-state index in [-0.39, 0.29) is 6.10 Å². The van der Waals surface area contributed by atoms with Crippen LogP contribution in [0.2, 0.25) is 0 Å². The summed E-state index contributed by atoms with van der Waals surface area (Å²) in [5.41, 5.74) is 2.79. The Morgan fingerprint density at radius 2 is 2.00 bits per heavy atom. The van der Waals surface area contributed by atoms with Crippen molar-refractivity contribution in [3.05, 3.63) is 35.4 Å². The Balaban J connectivity index is 1.50. The maximum atomic E-state index is 5.89. The molecule has 1 aromatic rings. The Kier molecular flexibility index (Phi) is 4.49. The van der Waals surface area contributed by atoms with Gasteiger partial charge in [-0.3, -0.25) is 0 Å². The highest BCUT2D eigenvalue weighted by atomic mass is 16.5. The molecule has 2 aliphatic heterocycles. The Morgan fingerprint density at radius 3 is 2.89 bits per heavy atom. The monoisotopic (exact) mass is 261 g/mol. The zero-order chi connectivity index (χ0) is 12.9. The van der Waals surface area contributed by atoms with Crippen LogP contribution in [0.25, 0.3) is 0 Å². The molecule has 1 aromatic carbocycles. The predicted octanol–water partition coefficient (Wildman–Crippen LogP) is 2.46. The van der Waals surface area contributed by atoms with E-state index in [0.29, 0.717) is 6.10 Å². The summed E-state index contributed by atoms with van der Waals surface area (Å²) in [6, 6.07) is 8.63. The van der Waals surface area contributed by atoms with Gasteiger partial charge >= 0.3 is 0 Å². The minimum Gasteiger partial charge on any atom is -0.377 e. The molecule has 1 fully saturated rings. The molecular weight excluding hydrogens is 238 g/mol. The zero-order valence-corrected chi connectivity index (χ0v) is 11.4. The third-order valence-electron chi connectivity index (χ3n) is 4.07. The number of nitrogens with one attached hydrogen (secondary N) is 1. The van der Waals surface area contributed by atoms with E-state index in [2.05, 4.69) is 29.6 Å². The number of fused-ring (bicyclic) bond motifs is 1. The summed E-state index contributed by atoms with van der Waals surface area (Å²) in [4.78, 5) is 0. The average Bonchev–Trinajstić information content (AvgIpc) is 2.49. The first-order valence-corrected chi connectivity index (χ1v) is 7.45. The lowest BCUT2D eigenvalue weighted by atomic mass is 9.97. The molecule has 2 heterocycles. The quantitative estimate of drug-likeness (QED) is 0.903. The van der Waals surface area contributed by atoms with Crippen LogP contribution >= 0.6 is 0 Å². The van der Waals surface area contributed by atoms with Crippen molar-refractivity contribution >= 4 is 0 Å². The molecule has 0 saturated carbocycles. The van der Waals surface area contributed by atoms with E-state index in [4.69, 9.17) is 9.47 Å². The van der Waals surface area contributed by atoms with Crippen molar-refractivity contribution in [1.82, 2.24) is 5.32 Å². The summed E-state index contributed by atoms with van der Waals surface area (Å²) in [6.45, 7) is 3.59. The van der Waals surface area contributed by atoms with Gasteiger partial charge in [0.2, 0.25) is 0 Å². The molecule has 2 unspecified atom stereocenters. The molecule has 0 aliphatic carbocycles. The van der Waals surface area contributed by atoms with Crippen LogP contribution < -0.4 is 5.32 Å². The Hall–Kier alpha value is -0.900. The van der Waals surface area contributed by atoms with Crippen LogP contribution in [0.4, 0.5) is 0 Å². The summed E-state index contributed by atoms with van der Waals surface area (Å²) in [5, 5.41) is 3.52. The standard InChI is InChI=1S/C16H23NO2/c1-2-7-15-13(5-1)8-10-19-16(15)12-17-11-14-6-3-4-9-18-14/h1-2,5,7,14,16-17H,3-4,6,8-12H2. The summed E-state index contributed by atoms with van der Waals surface area (Å²) in [6.07, 6.45) is 5.35. The number of benzene rings is 1. The highest BCUT2D eigenvalue weighted by Crippen LogP contribution is 2.26. The number of hydrogen-bond acceptors (Lipinski definition) is 3. The first-order valence-electron chi connectivity index (χ1n) is 7.45. The molecule has 19 heavy (non-hydrogen) atoms. The van der Waals surface area contributed by atoms with E-state index in [9.17, 15) is 0 Å². The van der Waals surface area contributed by atoms with Crippen LogP contribution in [-0.2, 0) is 15.9 Å². The number of rotatable bonds is 4. The highest BCUT2D eigenvalue weighted by Gasteiger charge is 2.20. The van der Waals surface area contributed by atoms with Gasteiger partial charge in [-0.05, 0) is 36.8 Å². The van der Waals surface area contributed by atoms with Gasteiger partial charge in [-0.1, -0.05) is 24.3 Å². The molecule has 3 heteroatoms. The van der Waals surface area contributed by atoms with Crippen LogP contribution in [0.15, 0.2) is 24.3 Å². The molecule has 104 valence electrons. The minimum atomic E-state index is 0.202. The lowest BCUT2D eigenvalue weighted by Gasteiger charge is -2.28. The van der Waals surface area contributed by atoms with Crippen molar-refractivity contribution in [2.45, 2.75) is 37.9 Å². The van der Waals surface area contributed by atoms with Crippen molar-refractivity contribution in [1.29, 1.82) is 0 Å². The molecule has 0 aromatic heterocycles. The van der Waals surface area contributed by atoms with Gasteiger partial charge in [0.25, 0.3) is 0 Å². The van der Waals surface area contributed by atoms with Crippen LogP contribution in [0.5, 0.6) is 0 Å². The molecule has 1 saturated heterocycles. The second-order valence-electron chi connectivity index (χ2n) is 5.46. The fourth-order valence-corrected chi connectivity index (χ4v) is 2.99. The summed E-state index contributed by atoms with van der Waals surface area (Å²) >= 11 is 0. The Bertz CT molecular complexity index is 401. The van der Waals surface area contributed by atoms with Gasteiger partial charge in [0.05, 0.1) is 18.8 Å². The highest BCUT2D eigenvalue weighted by molar-refractivity contribution is 5.31. The molecule has 0 spiro atoms. The van der Waals surface area contributed by atoms with Crippen molar-refractivity contribution in [2.24, 2.45) is 0 Å². The molecule has 1 N–H and O–H groups in total. The Morgan fingerprint density at radius 1 is 1.05 bits per heavy atom. The van der Waals surface area contributed by atoms with E-state index in [1.807, 2.05) is 0 Å². The molecule has 2 aliphatic rings. The second-order valence-corrected chi connectivity index (χ2v) is 5.46. The lowest BCUT2D eigenvalue weighted by molar-refractivity contribution is 0.00897. The number of ether oxygens (including phenoxy) is 2. The fraction of sp³-hybridized carbons (Fsp3) is 0.625. The third kappa shape index (κ3) is 3.35. The molecule has 0 amide bonds. The number of hydrogen-bond donors (Lipinski definition) is 1. The second kappa shape index (κ2) is 6.51. The van der Waals surface area contributed by atoms with Crippen LogP contribution in [-0.4, -0.2) is 32.4 Å². The first-order chi connectivity index (χ1) is 9.43. The van der Waals surface area contributed by atoms with Crippen molar-refractivity contribution in [2.75, 3.05) is 26.3 Å². The molecule has 2 atom stereocenters. The molecule has 3 rings (SSSR count). The molecule has 0 radical (unpaired) electrons. The van der Waals surface area contributed by atoms with Crippen molar-refractivity contribution < 1.29 is 9.47 Å².